The van der Waals surface area contributed by atoms with Crippen molar-refractivity contribution in [2.75, 3.05) is 16.0 Å². The van der Waals surface area contributed by atoms with E-state index in [1.165, 1.54) is 5.56 Å². The van der Waals surface area contributed by atoms with Gasteiger partial charge in [-0.25, -0.2) is 0 Å². The molecule has 4 rings (SSSR count). The Morgan fingerprint density at radius 3 is 2.33 bits per heavy atom. The summed E-state index contributed by atoms with van der Waals surface area (Å²) in [5.74, 6) is 0.419. The summed E-state index contributed by atoms with van der Waals surface area (Å²) in [5, 5.41) is 2.85. The first-order chi connectivity index (χ1) is 14.5. The van der Waals surface area contributed by atoms with E-state index in [1.807, 2.05) is 53.4 Å². The van der Waals surface area contributed by atoms with E-state index in [0.29, 0.717) is 11.3 Å². The number of thioether (sulfide) groups is 1. The van der Waals surface area contributed by atoms with Crippen molar-refractivity contribution in [3.63, 3.8) is 0 Å². The van der Waals surface area contributed by atoms with Crippen LogP contribution < -0.4 is 10.2 Å². The van der Waals surface area contributed by atoms with Crippen molar-refractivity contribution >= 4 is 50.9 Å². The predicted octanol–water partition coefficient (Wildman–Crippen LogP) is 6.04. The zero-order valence-electron chi connectivity index (χ0n) is 16.5. The first-order valence-electron chi connectivity index (χ1n) is 9.74. The van der Waals surface area contributed by atoms with E-state index in [0.717, 1.165) is 27.8 Å². The second kappa shape index (κ2) is 9.06. The number of nitrogens with one attached hydrogen (secondary N) is 1. The van der Waals surface area contributed by atoms with Crippen molar-refractivity contribution in [2.45, 2.75) is 18.7 Å². The van der Waals surface area contributed by atoms with Crippen LogP contribution in [0.1, 0.15) is 33.8 Å². The minimum Gasteiger partial charge on any atom is -0.322 e. The Hall–Kier alpha value is -2.57. The lowest BCUT2D eigenvalue weighted by molar-refractivity contribution is -0.115. The molecule has 1 heterocycles. The SMILES string of the molecule is CCc1ccc(N2C(=O)CSC2c2ccc(NC(=O)c3ccc(Br)cc3)cc2)cc1. The van der Waals surface area contributed by atoms with Crippen molar-refractivity contribution in [1.82, 2.24) is 0 Å². The summed E-state index contributed by atoms with van der Waals surface area (Å²) >= 11 is 4.99. The maximum Gasteiger partial charge on any atom is 0.255 e. The minimum absolute atomic E-state index is 0.0683. The quantitative estimate of drug-likeness (QED) is 0.483. The fourth-order valence-corrected chi connectivity index (χ4v) is 4.82. The molecule has 0 spiro atoms. The van der Waals surface area contributed by atoms with Crippen molar-refractivity contribution in [2.24, 2.45) is 0 Å². The average Bonchev–Trinajstić information content (AvgIpc) is 3.16. The molecule has 1 N–H and O–H groups in total. The third-order valence-corrected chi connectivity index (χ3v) is 6.79. The Kier molecular flexibility index (Phi) is 6.25. The lowest BCUT2D eigenvalue weighted by Crippen LogP contribution is -2.27. The highest BCUT2D eigenvalue weighted by Gasteiger charge is 2.33. The summed E-state index contributed by atoms with van der Waals surface area (Å²) in [6.07, 6.45) is 0.972. The van der Waals surface area contributed by atoms with Gasteiger partial charge in [-0.1, -0.05) is 47.1 Å². The van der Waals surface area contributed by atoms with Gasteiger partial charge in [0.25, 0.3) is 5.91 Å². The molecule has 152 valence electrons. The molecule has 1 unspecified atom stereocenters. The molecule has 0 bridgehead atoms. The highest BCUT2D eigenvalue weighted by molar-refractivity contribution is 9.10. The molecule has 0 saturated carbocycles. The van der Waals surface area contributed by atoms with E-state index < -0.39 is 0 Å². The lowest BCUT2D eigenvalue weighted by Gasteiger charge is -2.24. The van der Waals surface area contributed by atoms with Gasteiger partial charge in [-0.3, -0.25) is 14.5 Å². The molecule has 0 aliphatic carbocycles. The maximum absolute atomic E-state index is 12.6. The van der Waals surface area contributed by atoms with Gasteiger partial charge >= 0.3 is 0 Å². The number of carbonyl (C=O) groups excluding carboxylic acids is 2. The summed E-state index contributed by atoms with van der Waals surface area (Å²) < 4.78 is 0.931. The lowest BCUT2D eigenvalue weighted by atomic mass is 10.1. The zero-order chi connectivity index (χ0) is 21.1. The monoisotopic (exact) mass is 480 g/mol. The van der Waals surface area contributed by atoms with Crippen LogP contribution in [-0.4, -0.2) is 17.6 Å². The van der Waals surface area contributed by atoms with Crippen molar-refractivity contribution < 1.29 is 9.59 Å². The van der Waals surface area contributed by atoms with Crippen LogP contribution in [0.3, 0.4) is 0 Å². The van der Waals surface area contributed by atoms with E-state index >= 15 is 0 Å². The van der Waals surface area contributed by atoms with Gasteiger partial charge in [-0.2, -0.15) is 0 Å². The number of halogens is 1. The van der Waals surface area contributed by atoms with Gasteiger partial charge in [0, 0.05) is 21.4 Å². The molecule has 1 aliphatic heterocycles. The van der Waals surface area contributed by atoms with Crippen LogP contribution in [0.15, 0.2) is 77.3 Å². The first-order valence-corrected chi connectivity index (χ1v) is 11.6. The Balaban J connectivity index is 1.50. The standard InChI is InChI=1S/C24H21BrN2O2S/c1-2-16-3-13-21(14-4-16)27-22(28)15-30-24(27)18-7-11-20(12-8-18)26-23(29)17-5-9-19(25)10-6-17/h3-14,24H,2,15H2,1H3,(H,26,29). The van der Waals surface area contributed by atoms with Gasteiger partial charge in [0.05, 0.1) is 5.75 Å². The van der Waals surface area contributed by atoms with Gasteiger partial charge in [-0.15, -0.1) is 11.8 Å². The topological polar surface area (TPSA) is 49.4 Å². The molecule has 1 aliphatic rings. The van der Waals surface area contributed by atoms with E-state index in [1.54, 1.807) is 23.9 Å². The van der Waals surface area contributed by atoms with Crippen LogP contribution in [0.5, 0.6) is 0 Å². The number of benzene rings is 3. The first kappa shape index (κ1) is 20.7. The molecule has 0 radical (unpaired) electrons. The van der Waals surface area contributed by atoms with Gasteiger partial charge in [0.1, 0.15) is 5.37 Å². The fourth-order valence-electron chi connectivity index (χ4n) is 3.38. The summed E-state index contributed by atoms with van der Waals surface area (Å²) in [6.45, 7) is 2.12. The predicted molar refractivity (Wildman–Crippen MR) is 127 cm³/mol. The molecule has 3 aromatic carbocycles. The third kappa shape index (κ3) is 4.45. The van der Waals surface area contributed by atoms with Crippen LogP contribution in [0, 0.1) is 0 Å². The van der Waals surface area contributed by atoms with Crippen LogP contribution in [0.25, 0.3) is 0 Å². The van der Waals surface area contributed by atoms with Gasteiger partial charge < -0.3 is 5.32 Å². The maximum atomic E-state index is 12.6. The Morgan fingerprint density at radius 2 is 1.70 bits per heavy atom. The van der Waals surface area contributed by atoms with Crippen LogP contribution in [-0.2, 0) is 11.2 Å². The van der Waals surface area contributed by atoms with Gasteiger partial charge in [-0.05, 0) is 66.1 Å². The second-order valence-corrected chi connectivity index (χ2v) is 9.01. The number of hydrogen-bond donors (Lipinski definition) is 1. The average molecular weight is 481 g/mol. The smallest absolute Gasteiger partial charge is 0.255 e. The van der Waals surface area contributed by atoms with Gasteiger partial charge in [0.2, 0.25) is 5.91 Å². The van der Waals surface area contributed by atoms with Crippen LogP contribution in [0.4, 0.5) is 11.4 Å². The zero-order valence-corrected chi connectivity index (χ0v) is 18.9. The number of aryl methyl sites for hydroxylation is 1. The van der Waals surface area contributed by atoms with E-state index in [2.05, 4.69) is 40.3 Å². The van der Waals surface area contributed by atoms with Gasteiger partial charge in [0.15, 0.2) is 0 Å². The number of anilines is 2. The molecule has 1 fully saturated rings. The largest absolute Gasteiger partial charge is 0.322 e. The third-order valence-electron chi connectivity index (χ3n) is 5.05. The van der Waals surface area contributed by atoms with Crippen molar-refractivity contribution in [1.29, 1.82) is 0 Å². The molecular formula is C24H21BrN2O2S. The summed E-state index contributed by atoms with van der Waals surface area (Å²) in [7, 11) is 0. The Labute approximate surface area is 188 Å². The van der Waals surface area contributed by atoms with Crippen LogP contribution >= 0.6 is 27.7 Å². The summed E-state index contributed by atoms with van der Waals surface area (Å²) in [4.78, 5) is 26.8. The molecular weight excluding hydrogens is 460 g/mol. The molecule has 0 aromatic heterocycles. The molecule has 1 atom stereocenters. The minimum atomic E-state index is -0.154. The Bertz CT molecular complexity index is 1050. The highest BCUT2D eigenvalue weighted by Crippen LogP contribution is 2.42. The highest BCUT2D eigenvalue weighted by atomic mass is 79.9. The molecule has 6 heteroatoms. The summed E-state index contributed by atoms with van der Waals surface area (Å²) in [5.41, 5.74) is 4.52. The number of carbonyl (C=O) groups is 2. The van der Waals surface area contributed by atoms with E-state index in [-0.39, 0.29) is 17.2 Å². The molecule has 4 nitrogen and oxygen atoms in total. The summed E-state index contributed by atoms with van der Waals surface area (Å²) in [6, 6.07) is 23.1. The number of rotatable bonds is 5. The number of hydrogen-bond acceptors (Lipinski definition) is 3. The second-order valence-electron chi connectivity index (χ2n) is 7.03. The number of amides is 2. The molecule has 3 aromatic rings. The fraction of sp³-hybridized carbons (Fsp3) is 0.167. The normalized spacial score (nSPS) is 16.0. The van der Waals surface area contributed by atoms with E-state index in [4.69, 9.17) is 0 Å². The van der Waals surface area contributed by atoms with Crippen molar-refractivity contribution in [3.05, 3.63) is 94.0 Å². The van der Waals surface area contributed by atoms with Crippen LogP contribution in [0.2, 0.25) is 0 Å². The Morgan fingerprint density at radius 1 is 1.03 bits per heavy atom. The van der Waals surface area contributed by atoms with Crippen molar-refractivity contribution in [3.8, 4) is 0 Å². The molecule has 1 saturated heterocycles. The number of nitrogens with zero attached hydrogens (tertiary/aromatic N) is 1. The van der Waals surface area contributed by atoms with E-state index in [9.17, 15) is 9.59 Å². The molecule has 30 heavy (non-hydrogen) atoms. The molecule has 2 amide bonds.